The summed E-state index contributed by atoms with van der Waals surface area (Å²) in [5.74, 6) is 0.512. The number of benzene rings is 2. The normalized spacial score (nSPS) is 10.7. The molecular formula is C22H21N5. The summed E-state index contributed by atoms with van der Waals surface area (Å²) in [5.41, 5.74) is 13.4. The number of hydrogen-bond donors (Lipinski definition) is 3. The lowest BCUT2D eigenvalue weighted by Gasteiger charge is -2.10. The van der Waals surface area contributed by atoms with Gasteiger partial charge in [0.1, 0.15) is 5.82 Å². The zero-order chi connectivity index (χ0) is 18.6. The number of aryl methyl sites for hydroxylation is 1. The number of aromatic nitrogens is 3. The first kappa shape index (κ1) is 16.8. The molecule has 0 aliphatic heterocycles. The molecule has 0 saturated heterocycles. The maximum Gasteiger partial charge on any atom is 0.146 e. The van der Waals surface area contributed by atoms with Crippen molar-refractivity contribution in [1.82, 2.24) is 15.2 Å². The van der Waals surface area contributed by atoms with Crippen LogP contribution < -0.4 is 11.1 Å². The monoisotopic (exact) mass is 355 g/mol. The van der Waals surface area contributed by atoms with E-state index in [0.717, 1.165) is 22.6 Å². The van der Waals surface area contributed by atoms with Crippen molar-refractivity contribution in [3.05, 3.63) is 84.2 Å². The molecule has 2 aromatic carbocycles. The Morgan fingerprint density at radius 1 is 0.926 bits per heavy atom. The summed E-state index contributed by atoms with van der Waals surface area (Å²) in [6, 6.07) is 22.8. The van der Waals surface area contributed by atoms with E-state index in [2.05, 4.69) is 69.0 Å². The molecule has 0 saturated carbocycles. The van der Waals surface area contributed by atoms with Crippen LogP contribution in [0.5, 0.6) is 0 Å². The number of nitrogens with one attached hydrogen (secondary N) is 2. The SMILES string of the molecule is Cc1cc(-c2ccc(-c3cccc(CNc4cccnc4N)c3)cc2)[nH]n1. The second-order valence-corrected chi connectivity index (χ2v) is 6.49. The molecule has 0 radical (unpaired) electrons. The molecule has 0 amide bonds. The van der Waals surface area contributed by atoms with E-state index >= 15 is 0 Å². The van der Waals surface area contributed by atoms with E-state index in [4.69, 9.17) is 5.73 Å². The number of nitrogens with zero attached hydrogens (tertiary/aromatic N) is 2. The van der Waals surface area contributed by atoms with E-state index in [1.807, 2.05) is 25.1 Å². The van der Waals surface area contributed by atoms with E-state index in [-0.39, 0.29) is 0 Å². The Kier molecular flexibility index (Phi) is 4.58. The van der Waals surface area contributed by atoms with Crippen LogP contribution in [0.4, 0.5) is 11.5 Å². The summed E-state index contributed by atoms with van der Waals surface area (Å²) in [6.07, 6.45) is 1.69. The minimum atomic E-state index is 0.512. The van der Waals surface area contributed by atoms with Crippen LogP contribution in [0.2, 0.25) is 0 Å². The van der Waals surface area contributed by atoms with Gasteiger partial charge in [0.05, 0.1) is 17.1 Å². The number of pyridine rings is 1. The van der Waals surface area contributed by atoms with Crippen molar-refractivity contribution in [3.8, 4) is 22.4 Å². The maximum absolute atomic E-state index is 5.89. The van der Waals surface area contributed by atoms with Crippen LogP contribution in [-0.2, 0) is 6.54 Å². The smallest absolute Gasteiger partial charge is 0.146 e. The topological polar surface area (TPSA) is 79.6 Å². The molecule has 0 bridgehead atoms. The van der Waals surface area contributed by atoms with Crippen molar-refractivity contribution in [1.29, 1.82) is 0 Å². The van der Waals surface area contributed by atoms with Crippen molar-refractivity contribution in [2.24, 2.45) is 0 Å². The average molecular weight is 355 g/mol. The van der Waals surface area contributed by atoms with Crippen molar-refractivity contribution in [2.75, 3.05) is 11.1 Å². The van der Waals surface area contributed by atoms with E-state index in [1.54, 1.807) is 6.20 Å². The molecule has 0 unspecified atom stereocenters. The molecule has 5 heteroatoms. The number of anilines is 2. The van der Waals surface area contributed by atoms with Gasteiger partial charge in [-0.25, -0.2) is 4.98 Å². The summed E-state index contributed by atoms with van der Waals surface area (Å²) < 4.78 is 0. The third-order valence-electron chi connectivity index (χ3n) is 4.48. The van der Waals surface area contributed by atoms with Gasteiger partial charge in [-0.05, 0) is 53.4 Å². The fourth-order valence-corrected chi connectivity index (χ4v) is 3.04. The summed E-state index contributed by atoms with van der Waals surface area (Å²) in [5, 5.41) is 10.6. The maximum atomic E-state index is 5.89. The van der Waals surface area contributed by atoms with Crippen molar-refractivity contribution >= 4 is 11.5 Å². The van der Waals surface area contributed by atoms with Gasteiger partial charge in [-0.1, -0.05) is 42.5 Å². The van der Waals surface area contributed by atoms with Crippen LogP contribution in [0.15, 0.2) is 72.9 Å². The van der Waals surface area contributed by atoms with E-state index in [1.165, 1.54) is 16.7 Å². The molecule has 4 N–H and O–H groups in total. The number of rotatable bonds is 5. The van der Waals surface area contributed by atoms with Crippen molar-refractivity contribution in [2.45, 2.75) is 13.5 Å². The molecule has 134 valence electrons. The summed E-state index contributed by atoms with van der Waals surface area (Å²) in [7, 11) is 0. The fourth-order valence-electron chi connectivity index (χ4n) is 3.04. The lowest BCUT2D eigenvalue weighted by molar-refractivity contribution is 1.05. The molecule has 0 atom stereocenters. The predicted octanol–water partition coefficient (Wildman–Crippen LogP) is 4.64. The highest BCUT2D eigenvalue weighted by molar-refractivity contribution is 5.69. The first-order chi connectivity index (χ1) is 13.2. The standard InChI is InChI=1S/C22H21N5/c1-15-12-21(27-26-15)18-9-7-17(8-10-18)19-5-2-4-16(13-19)14-25-20-6-3-11-24-22(20)23/h2-13,25H,14H2,1H3,(H2,23,24)(H,26,27). The number of H-pyrrole nitrogens is 1. The third kappa shape index (κ3) is 3.82. The summed E-state index contributed by atoms with van der Waals surface area (Å²) in [4.78, 5) is 4.10. The molecule has 2 aromatic heterocycles. The lowest BCUT2D eigenvalue weighted by atomic mass is 10.0. The van der Waals surface area contributed by atoms with Gasteiger partial charge in [-0.15, -0.1) is 0 Å². The second-order valence-electron chi connectivity index (χ2n) is 6.49. The predicted molar refractivity (Wildman–Crippen MR) is 110 cm³/mol. The zero-order valence-electron chi connectivity index (χ0n) is 15.1. The van der Waals surface area contributed by atoms with E-state index in [9.17, 15) is 0 Å². The van der Waals surface area contributed by atoms with Gasteiger partial charge in [-0.2, -0.15) is 5.10 Å². The van der Waals surface area contributed by atoms with Gasteiger partial charge in [0.15, 0.2) is 0 Å². The Morgan fingerprint density at radius 2 is 1.74 bits per heavy atom. The molecule has 2 heterocycles. The Balaban J connectivity index is 1.51. The van der Waals surface area contributed by atoms with Crippen LogP contribution in [0, 0.1) is 6.92 Å². The summed E-state index contributed by atoms with van der Waals surface area (Å²) in [6.45, 7) is 2.67. The lowest BCUT2D eigenvalue weighted by Crippen LogP contribution is -2.03. The number of nitrogen functional groups attached to an aromatic ring is 1. The molecule has 0 aliphatic carbocycles. The summed E-state index contributed by atoms with van der Waals surface area (Å²) >= 11 is 0. The first-order valence-electron chi connectivity index (χ1n) is 8.85. The highest BCUT2D eigenvalue weighted by Crippen LogP contribution is 2.25. The van der Waals surface area contributed by atoms with Crippen LogP contribution >= 0.6 is 0 Å². The minimum absolute atomic E-state index is 0.512. The molecule has 4 rings (SSSR count). The van der Waals surface area contributed by atoms with Gasteiger partial charge in [0.25, 0.3) is 0 Å². The Hall–Kier alpha value is -3.60. The van der Waals surface area contributed by atoms with Crippen LogP contribution in [0.3, 0.4) is 0 Å². The number of aromatic amines is 1. The second kappa shape index (κ2) is 7.33. The largest absolute Gasteiger partial charge is 0.382 e. The highest BCUT2D eigenvalue weighted by atomic mass is 15.1. The molecule has 27 heavy (non-hydrogen) atoms. The molecule has 5 nitrogen and oxygen atoms in total. The zero-order valence-corrected chi connectivity index (χ0v) is 15.1. The van der Waals surface area contributed by atoms with E-state index in [0.29, 0.717) is 12.4 Å². The highest BCUT2D eigenvalue weighted by Gasteiger charge is 2.04. The number of nitrogens with two attached hydrogens (primary N) is 1. The first-order valence-corrected chi connectivity index (χ1v) is 8.85. The van der Waals surface area contributed by atoms with E-state index < -0.39 is 0 Å². The van der Waals surface area contributed by atoms with Crippen molar-refractivity contribution in [3.63, 3.8) is 0 Å². The van der Waals surface area contributed by atoms with Gasteiger partial charge in [0, 0.05) is 12.7 Å². The van der Waals surface area contributed by atoms with Crippen LogP contribution in [0.25, 0.3) is 22.4 Å². The molecular weight excluding hydrogens is 334 g/mol. The van der Waals surface area contributed by atoms with Gasteiger partial charge in [0.2, 0.25) is 0 Å². The number of hydrogen-bond acceptors (Lipinski definition) is 4. The fraction of sp³-hybridized carbons (Fsp3) is 0.0909. The van der Waals surface area contributed by atoms with Gasteiger partial charge < -0.3 is 11.1 Å². The quantitative estimate of drug-likeness (QED) is 0.487. The Bertz CT molecular complexity index is 1050. The van der Waals surface area contributed by atoms with Gasteiger partial charge in [-0.3, -0.25) is 5.10 Å². The average Bonchev–Trinajstić information content (AvgIpc) is 3.14. The minimum Gasteiger partial charge on any atom is -0.382 e. The van der Waals surface area contributed by atoms with Crippen LogP contribution in [0.1, 0.15) is 11.3 Å². The van der Waals surface area contributed by atoms with Gasteiger partial charge >= 0.3 is 0 Å². The molecule has 4 aromatic rings. The molecule has 0 fully saturated rings. The van der Waals surface area contributed by atoms with Crippen molar-refractivity contribution < 1.29 is 0 Å². The molecule has 0 spiro atoms. The Morgan fingerprint density at radius 3 is 2.48 bits per heavy atom. The Labute approximate surface area is 158 Å². The van der Waals surface area contributed by atoms with Crippen LogP contribution in [-0.4, -0.2) is 15.2 Å². The third-order valence-corrected chi connectivity index (χ3v) is 4.48. The molecule has 0 aliphatic rings.